The van der Waals surface area contributed by atoms with E-state index in [2.05, 4.69) is 47.1 Å². The van der Waals surface area contributed by atoms with E-state index in [0.717, 1.165) is 23.5 Å². The van der Waals surface area contributed by atoms with E-state index in [1.54, 1.807) is 0 Å². The molecule has 4 heteroatoms. The van der Waals surface area contributed by atoms with E-state index >= 15 is 0 Å². The molecule has 0 aliphatic heterocycles. The zero-order valence-electron chi connectivity index (χ0n) is 14.8. The number of amides is 2. The van der Waals surface area contributed by atoms with Crippen molar-refractivity contribution >= 4 is 23.1 Å². The second-order valence-electron chi connectivity index (χ2n) is 6.18. The van der Waals surface area contributed by atoms with Crippen LogP contribution in [0, 0.1) is 6.92 Å². The average Bonchev–Trinajstić information content (AvgIpc) is 2.66. The van der Waals surface area contributed by atoms with E-state index < -0.39 is 0 Å². The lowest BCUT2D eigenvalue weighted by Gasteiger charge is -2.10. The molecular weight excluding hydrogens is 322 g/mol. The molecule has 0 unspecified atom stereocenters. The summed E-state index contributed by atoms with van der Waals surface area (Å²) in [4.78, 5) is 12.0. The highest BCUT2D eigenvalue weighted by Crippen LogP contribution is 2.18. The van der Waals surface area contributed by atoms with Crippen molar-refractivity contribution in [2.75, 3.05) is 17.2 Å². The van der Waals surface area contributed by atoms with Crippen LogP contribution in [0.4, 0.5) is 21.9 Å². The van der Waals surface area contributed by atoms with Gasteiger partial charge in [0.25, 0.3) is 0 Å². The molecule has 0 spiro atoms. The summed E-state index contributed by atoms with van der Waals surface area (Å²) in [5.41, 5.74) is 5.22. The Morgan fingerprint density at radius 2 is 1.38 bits per heavy atom. The van der Waals surface area contributed by atoms with Gasteiger partial charge >= 0.3 is 6.03 Å². The van der Waals surface area contributed by atoms with E-state index in [1.807, 2.05) is 54.6 Å². The van der Waals surface area contributed by atoms with Crippen molar-refractivity contribution in [3.8, 4) is 0 Å². The third-order valence-electron chi connectivity index (χ3n) is 4.03. The third kappa shape index (κ3) is 5.38. The summed E-state index contributed by atoms with van der Waals surface area (Å²) in [6.07, 6.45) is 0.813. The van der Waals surface area contributed by atoms with Crippen molar-refractivity contribution in [1.29, 1.82) is 0 Å². The Hall–Kier alpha value is -3.27. The van der Waals surface area contributed by atoms with Gasteiger partial charge in [-0.3, -0.25) is 0 Å². The molecule has 0 fully saturated rings. The highest BCUT2D eigenvalue weighted by Gasteiger charge is 2.02. The SMILES string of the molecule is Cc1ccc(CCNC(=O)Nc2ccc(Nc3ccccc3)cc2)cc1. The summed E-state index contributed by atoms with van der Waals surface area (Å²) in [7, 11) is 0. The standard InChI is InChI=1S/C22H23N3O/c1-17-7-9-18(10-8-17)15-16-23-22(26)25-21-13-11-20(12-14-21)24-19-5-3-2-4-6-19/h2-14,24H,15-16H2,1H3,(H2,23,25,26). The van der Waals surface area contributed by atoms with Gasteiger partial charge in [-0.2, -0.15) is 0 Å². The molecule has 0 saturated carbocycles. The van der Waals surface area contributed by atoms with Gasteiger partial charge in [-0.15, -0.1) is 0 Å². The van der Waals surface area contributed by atoms with Crippen LogP contribution in [0.25, 0.3) is 0 Å². The van der Waals surface area contributed by atoms with Gasteiger partial charge in [0.1, 0.15) is 0 Å². The second-order valence-corrected chi connectivity index (χ2v) is 6.18. The number of hydrogen-bond donors (Lipinski definition) is 3. The predicted octanol–water partition coefficient (Wildman–Crippen LogP) is 5.10. The van der Waals surface area contributed by atoms with Crippen molar-refractivity contribution in [2.45, 2.75) is 13.3 Å². The van der Waals surface area contributed by atoms with Crippen LogP contribution in [0.2, 0.25) is 0 Å². The number of benzene rings is 3. The van der Waals surface area contributed by atoms with E-state index in [9.17, 15) is 4.79 Å². The molecule has 132 valence electrons. The molecule has 2 amide bonds. The minimum Gasteiger partial charge on any atom is -0.356 e. The van der Waals surface area contributed by atoms with Gasteiger partial charge in [0.2, 0.25) is 0 Å². The van der Waals surface area contributed by atoms with Crippen LogP contribution in [0.5, 0.6) is 0 Å². The molecule has 0 saturated heterocycles. The van der Waals surface area contributed by atoms with E-state index in [0.29, 0.717) is 6.54 Å². The Bertz CT molecular complexity index is 828. The van der Waals surface area contributed by atoms with Crippen molar-refractivity contribution in [3.05, 3.63) is 90.0 Å². The summed E-state index contributed by atoms with van der Waals surface area (Å²) in [6.45, 7) is 2.67. The molecule has 3 aromatic rings. The Kier molecular flexibility index (Phi) is 5.88. The maximum absolute atomic E-state index is 12.0. The Balaban J connectivity index is 1.44. The number of rotatable bonds is 6. The molecule has 3 rings (SSSR count). The monoisotopic (exact) mass is 345 g/mol. The maximum atomic E-state index is 12.0. The van der Waals surface area contributed by atoms with Crippen LogP contribution >= 0.6 is 0 Å². The Labute approximate surface area is 154 Å². The topological polar surface area (TPSA) is 53.2 Å². The molecule has 0 aromatic heterocycles. The molecule has 3 aromatic carbocycles. The predicted molar refractivity (Wildman–Crippen MR) is 108 cm³/mol. The fourth-order valence-electron chi connectivity index (χ4n) is 2.58. The first-order valence-electron chi connectivity index (χ1n) is 8.71. The maximum Gasteiger partial charge on any atom is 0.319 e. The molecule has 0 radical (unpaired) electrons. The van der Waals surface area contributed by atoms with Gasteiger partial charge in [-0.25, -0.2) is 4.79 Å². The van der Waals surface area contributed by atoms with Gasteiger partial charge in [0.05, 0.1) is 0 Å². The molecule has 3 N–H and O–H groups in total. The zero-order chi connectivity index (χ0) is 18.2. The van der Waals surface area contributed by atoms with Gasteiger partial charge < -0.3 is 16.0 Å². The number of urea groups is 1. The van der Waals surface area contributed by atoms with Gasteiger partial charge in [-0.05, 0) is 55.3 Å². The van der Waals surface area contributed by atoms with Crippen molar-refractivity contribution in [2.24, 2.45) is 0 Å². The molecule has 0 aliphatic carbocycles. The number of hydrogen-bond acceptors (Lipinski definition) is 2. The van der Waals surface area contributed by atoms with Crippen LogP contribution in [-0.4, -0.2) is 12.6 Å². The summed E-state index contributed by atoms with van der Waals surface area (Å²) < 4.78 is 0. The van der Waals surface area contributed by atoms with Crippen molar-refractivity contribution < 1.29 is 4.79 Å². The lowest BCUT2D eigenvalue weighted by molar-refractivity contribution is 0.252. The van der Waals surface area contributed by atoms with Crippen LogP contribution in [0.3, 0.4) is 0 Å². The second kappa shape index (κ2) is 8.72. The summed E-state index contributed by atoms with van der Waals surface area (Å²) >= 11 is 0. The van der Waals surface area contributed by atoms with Gasteiger partial charge in [0, 0.05) is 23.6 Å². The molecule has 0 bridgehead atoms. The highest BCUT2D eigenvalue weighted by molar-refractivity contribution is 5.89. The fraction of sp³-hybridized carbons (Fsp3) is 0.136. The number of anilines is 3. The van der Waals surface area contributed by atoms with Gasteiger partial charge in [0.15, 0.2) is 0 Å². The van der Waals surface area contributed by atoms with Crippen LogP contribution in [0.1, 0.15) is 11.1 Å². The summed E-state index contributed by atoms with van der Waals surface area (Å²) in [6, 6.07) is 25.8. The molecule has 26 heavy (non-hydrogen) atoms. The summed E-state index contributed by atoms with van der Waals surface area (Å²) in [5, 5.41) is 9.05. The molecule has 0 atom stereocenters. The number of carbonyl (C=O) groups excluding carboxylic acids is 1. The first-order valence-corrected chi connectivity index (χ1v) is 8.71. The minimum absolute atomic E-state index is 0.194. The average molecular weight is 345 g/mol. The van der Waals surface area contributed by atoms with Crippen molar-refractivity contribution in [3.63, 3.8) is 0 Å². The van der Waals surface area contributed by atoms with Crippen LogP contribution in [-0.2, 0) is 6.42 Å². The molecule has 0 heterocycles. The lowest BCUT2D eigenvalue weighted by atomic mass is 10.1. The van der Waals surface area contributed by atoms with E-state index in [4.69, 9.17) is 0 Å². The van der Waals surface area contributed by atoms with E-state index in [-0.39, 0.29) is 6.03 Å². The molecular formula is C22H23N3O. The Morgan fingerprint density at radius 1 is 0.769 bits per heavy atom. The summed E-state index contributed by atoms with van der Waals surface area (Å²) in [5.74, 6) is 0. The number of para-hydroxylation sites is 1. The lowest BCUT2D eigenvalue weighted by Crippen LogP contribution is -2.30. The molecule has 4 nitrogen and oxygen atoms in total. The van der Waals surface area contributed by atoms with Crippen molar-refractivity contribution in [1.82, 2.24) is 5.32 Å². The van der Waals surface area contributed by atoms with Crippen LogP contribution < -0.4 is 16.0 Å². The largest absolute Gasteiger partial charge is 0.356 e. The van der Waals surface area contributed by atoms with Crippen LogP contribution in [0.15, 0.2) is 78.9 Å². The first kappa shape index (κ1) is 17.5. The fourth-order valence-corrected chi connectivity index (χ4v) is 2.58. The number of aryl methyl sites for hydroxylation is 1. The first-order chi connectivity index (χ1) is 12.7. The smallest absolute Gasteiger partial charge is 0.319 e. The highest BCUT2D eigenvalue weighted by atomic mass is 16.2. The molecule has 0 aliphatic rings. The van der Waals surface area contributed by atoms with Gasteiger partial charge in [-0.1, -0.05) is 48.0 Å². The zero-order valence-corrected chi connectivity index (χ0v) is 14.8. The normalized spacial score (nSPS) is 10.2. The Morgan fingerprint density at radius 3 is 2.08 bits per heavy atom. The van der Waals surface area contributed by atoms with E-state index in [1.165, 1.54) is 11.1 Å². The number of carbonyl (C=O) groups is 1. The quantitative estimate of drug-likeness (QED) is 0.582. The number of nitrogens with one attached hydrogen (secondary N) is 3. The minimum atomic E-state index is -0.194. The third-order valence-corrected chi connectivity index (χ3v) is 4.03.